The number of halogens is 1. The summed E-state index contributed by atoms with van der Waals surface area (Å²) in [6, 6.07) is 20.7. The standard InChI is InChI=1S/C25H21FN2O/c1-17-7-8-23(26)21(12-17)15-22(29)14-18-4-2-5-19(13-18)20-9-11-28-25(16-20)24-6-3-10-27-24/h2-13,16,27H,14-15H2,1H3. The fourth-order valence-corrected chi connectivity index (χ4v) is 3.45. The van der Waals surface area contributed by atoms with Crippen molar-refractivity contribution in [3.63, 3.8) is 0 Å². The lowest BCUT2D eigenvalue weighted by molar-refractivity contribution is -0.117. The van der Waals surface area contributed by atoms with Gasteiger partial charge in [0, 0.05) is 25.2 Å². The number of rotatable bonds is 6. The van der Waals surface area contributed by atoms with Crippen LogP contribution in [0.4, 0.5) is 4.39 Å². The van der Waals surface area contributed by atoms with Gasteiger partial charge in [-0.15, -0.1) is 0 Å². The number of nitrogens with zero attached hydrogens (tertiary/aromatic N) is 1. The Labute approximate surface area is 169 Å². The highest BCUT2D eigenvalue weighted by Gasteiger charge is 2.11. The Kier molecular flexibility index (Phi) is 5.34. The SMILES string of the molecule is Cc1ccc(F)c(CC(=O)Cc2cccc(-c3ccnc(-c4ccc[nH]4)c3)c2)c1. The van der Waals surface area contributed by atoms with Crippen molar-refractivity contribution in [1.82, 2.24) is 9.97 Å². The first-order valence-electron chi connectivity index (χ1n) is 9.54. The van der Waals surface area contributed by atoms with E-state index in [-0.39, 0.29) is 24.4 Å². The molecule has 4 rings (SSSR count). The summed E-state index contributed by atoms with van der Waals surface area (Å²) in [4.78, 5) is 20.1. The molecule has 3 nitrogen and oxygen atoms in total. The Bertz CT molecular complexity index is 1150. The van der Waals surface area contributed by atoms with Crippen LogP contribution in [0.15, 0.2) is 79.1 Å². The monoisotopic (exact) mass is 384 g/mol. The van der Waals surface area contributed by atoms with Gasteiger partial charge in [-0.2, -0.15) is 0 Å². The predicted molar refractivity (Wildman–Crippen MR) is 113 cm³/mol. The zero-order valence-electron chi connectivity index (χ0n) is 16.2. The van der Waals surface area contributed by atoms with Crippen LogP contribution in [0.25, 0.3) is 22.5 Å². The Hall–Kier alpha value is -3.53. The van der Waals surface area contributed by atoms with E-state index >= 15 is 0 Å². The summed E-state index contributed by atoms with van der Waals surface area (Å²) in [6.45, 7) is 1.90. The topological polar surface area (TPSA) is 45.8 Å². The molecule has 144 valence electrons. The van der Waals surface area contributed by atoms with Crippen LogP contribution in [-0.4, -0.2) is 15.8 Å². The molecule has 0 aliphatic heterocycles. The number of pyridine rings is 1. The van der Waals surface area contributed by atoms with Crippen molar-refractivity contribution in [1.29, 1.82) is 0 Å². The van der Waals surface area contributed by atoms with E-state index < -0.39 is 0 Å². The second-order valence-electron chi connectivity index (χ2n) is 7.20. The predicted octanol–water partition coefficient (Wildman–Crippen LogP) is 5.55. The number of aromatic nitrogens is 2. The van der Waals surface area contributed by atoms with Crippen molar-refractivity contribution in [2.24, 2.45) is 0 Å². The largest absolute Gasteiger partial charge is 0.360 e. The molecule has 0 saturated carbocycles. The van der Waals surface area contributed by atoms with E-state index in [4.69, 9.17) is 0 Å². The molecule has 0 atom stereocenters. The molecule has 0 amide bonds. The van der Waals surface area contributed by atoms with Crippen LogP contribution in [-0.2, 0) is 17.6 Å². The first-order valence-corrected chi connectivity index (χ1v) is 9.54. The maximum Gasteiger partial charge on any atom is 0.141 e. The summed E-state index contributed by atoms with van der Waals surface area (Å²) in [5, 5.41) is 0. The van der Waals surface area contributed by atoms with Crippen LogP contribution in [0.1, 0.15) is 16.7 Å². The fraction of sp³-hybridized carbons (Fsp3) is 0.120. The first-order chi connectivity index (χ1) is 14.1. The quantitative estimate of drug-likeness (QED) is 0.474. The highest BCUT2D eigenvalue weighted by Crippen LogP contribution is 2.25. The number of Topliss-reactive ketones (excluding diaryl/α,β-unsaturated/α-hetero) is 1. The smallest absolute Gasteiger partial charge is 0.141 e. The van der Waals surface area contributed by atoms with Gasteiger partial charge in [0.05, 0.1) is 11.4 Å². The van der Waals surface area contributed by atoms with E-state index in [1.54, 1.807) is 18.3 Å². The molecular weight excluding hydrogens is 363 g/mol. The molecule has 0 fully saturated rings. The van der Waals surface area contributed by atoms with Gasteiger partial charge in [0.1, 0.15) is 11.6 Å². The van der Waals surface area contributed by atoms with Gasteiger partial charge in [0.2, 0.25) is 0 Å². The Morgan fingerprint density at radius 1 is 0.966 bits per heavy atom. The van der Waals surface area contributed by atoms with Gasteiger partial charge < -0.3 is 4.98 Å². The van der Waals surface area contributed by atoms with E-state index in [0.29, 0.717) is 5.56 Å². The van der Waals surface area contributed by atoms with E-state index in [1.807, 2.05) is 61.7 Å². The number of aryl methyl sites for hydroxylation is 1. The van der Waals surface area contributed by atoms with Crippen LogP contribution in [0.3, 0.4) is 0 Å². The van der Waals surface area contributed by atoms with Crippen LogP contribution >= 0.6 is 0 Å². The van der Waals surface area contributed by atoms with Gasteiger partial charge in [0.25, 0.3) is 0 Å². The minimum atomic E-state index is -0.327. The van der Waals surface area contributed by atoms with Gasteiger partial charge >= 0.3 is 0 Å². The number of hydrogen-bond acceptors (Lipinski definition) is 2. The number of nitrogens with one attached hydrogen (secondary N) is 1. The summed E-state index contributed by atoms with van der Waals surface area (Å²) in [5.74, 6) is -0.334. The number of hydrogen-bond donors (Lipinski definition) is 1. The van der Waals surface area contributed by atoms with E-state index in [9.17, 15) is 9.18 Å². The minimum Gasteiger partial charge on any atom is -0.360 e. The molecule has 4 aromatic rings. The molecule has 0 radical (unpaired) electrons. The van der Waals surface area contributed by atoms with Crippen molar-refractivity contribution in [2.75, 3.05) is 0 Å². The van der Waals surface area contributed by atoms with Gasteiger partial charge in [-0.3, -0.25) is 9.78 Å². The normalized spacial score (nSPS) is 10.8. The summed E-state index contributed by atoms with van der Waals surface area (Å²) in [6.07, 6.45) is 4.02. The van der Waals surface area contributed by atoms with Crippen molar-refractivity contribution >= 4 is 5.78 Å². The van der Waals surface area contributed by atoms with E-state index in [1.165, 1.54) is 6.07 Å². The second kappa shape index (κ2) is 8.23. The number of ketones is 1. The molecule has 0 aliphatic carbocycles. The molecule has 0 aliphatic rings. The van der Waals surface area contributed by atoms with Crippen molar-refractivity contribution in [3.8, 4) is 22.5 Å². The minimum absolute atomic E-state index is 0.00606. The van der Waals surface area contributed by atoms with Gasteiger partial charge in [-0.05, 0) is 59.5 Å². The molecule has 2 heterocycles. The molecule has 2 aromatic carbocycles. The lowest BCUT2D eigenvalue weighted by atomic mass is 9.98. The van der Waals surface area contributed by atoms with Crippen LogP contribution in [0.2, 0.25) is 0 Å². The molecular formula is C25H21FN2O. The maximum atomic E-state index is 13.9. The molecule has 0 unspecified atom stereocenters. The van der Waals surface area contributed by atoms with Gasteiger partial charge in [-0.1, -0.05) is 42.0 Å². The number of carbonyl (C=O) groups is 1. The summed E-state index contributed by atoms with van der Waals surface area (Å²) < 4.78 is 13.9. The molecule has 4 heteroatoms. The average molecular weight is 384 g/mol. The van der Waals surface area contributed by atoms with Crippen LogP contribution < -0.4 is 0 Å². The first kappa shape index (κ1) is 18.8. The van der Waals surface area contributed by atoms with E-state index in [0.717, 1.165) is 33.6 Å². The molecule has 1 N–H and O–H groups in total. The highest BCUT2D eigenvalue weighted by atomic mass is 19.1. The molecule has 0 saturated heterocycles. The fourth-order valence-electron chi connectivity index (χ4n) is 3.45. The average Bonchev–Trinajstić information content (AvgIpc) is 3.26. The molecule has 2 aromatic heterocycles. The number of benzene rings is 2. The van der Waals surface area contributed by atoms with Crippen LogP contribution in [0, 0.1) is 12.7 Å². The van der Waals surface area contributed by atoms with Gasteiger partial charge in [0.15, 0.2) is 0 Å². The second-order valence-corrected chi connectivity index (χ2v) is 7.20. The molecule has 29 heavy (non-hydrogen) atoms. The lowest BCUT2D eigenvalue weighted by Gasteiger charge is -2.08. The Morgan fingerprint density at radius 2 is 1.83 bits per heavy atom. The number of carbonyl (C=O) groups excluding carboxylic acids is 1. The number of H-pyrrole nitrogens is 1. The third-order valence-electron chi connectivity index (χ3n) is 4.88. The third kappa shape index (κ3) is 4.49. The van der Waals surface area contributed by atoms with Crippen molar-refractivity contribution < 1.29 is 9.18 Å². The van der Waals surface area contributed by atoms with E-state index in [2.05, 4.69) is 9.97 Å². The maximum absolute atomic E-state index is 13.9. The highest BCUT2D eigenvalue weighted by molar-refractivity contribution is 5.83. The summed E-state index contributed by atoms with van der Waals surface area (Å²) in [7, 11) is 0. The Morgan fingerprint density at radius 3 is 2.66 bits per heavy atom. The molecule has 0 spiro atoms. The number of aromatic amines is 1. The molecule has 0 bridgehead atoms. The van der Waals surface area contributed by atoms with Crippen LogP contribution in [0.5, 0.6) is 0 Å². The zero-order valence-corrected chi connectivity index (χ0v) is 16.2. The third-order valence-corrected chi connectivity index (χ3v) is 4.88. The van der Waals surface area contributed by atoms with Crippen molar-refractivity contribution in [3.05, 3.63) is 102 Å². The zero-order chi connectivity index (χ0) is 20.2. The van der Waals surface area contributed by atoms with Crippen molar-refractivity contribution in [2.45, 2.75) is 19.8 Å². The lowest BCUT2D eigenvalue weighted by Crippen LogP contribution is -2.08. The van der Waals surface area contributed by atoms with Gasteiger partial charge in [-0.25, -0.2) is 4.39 Å². The summed E-state index contributed by atoms with van der Waals surface area (Å²) >= 11 is 0. The Balaban J connectivity index is 1.53. The summed E-state index contributed by atoms with van der Waals surface area (Å²) in [5.41, 5.74) is 6.19.